The van der Waals surface area contributed by atoms with Gasteiger partial charge in [-0.25, -0.2) is 9.80 Å². The molecule has 1 heterocycles. The third-order valence-electron chi connectivity index (χ3n) is 6.68. The van der Waals surface area contributed by atoms with Crippen molar-refractivity contribution in [3.8, 4) is 5.75 Å². The SMILES string of the molecule is COC(=O)C(Oc1ccc(CCCC2=NN(c3ccc(C(F)(F)F)cc3)C(=O)C2(C)C)cc1)c1ccccc1. The van der Waals surface area contributed by atoms with Gasteiger partial charge in [-0.2, -0.15) is 18.3 Å². The van der Waals surface area contributed by atoms with Crippen LogP contribution in [0.5, 0.6) is 5.75 Å². The van der Waals surface area contributed by atoms with Gasteiger partial charge >= 0.3 is 12.1 Å². The van der Waals surface area contributed by atoms with Crippen LogP contribution in [0.25, 0.3) is 0 Å². The van der Waals surface area contributed by atoms with Gasteiger partial charge in [-0.05, 0) is 75.1 Å². The van der Waals surface area contributed by atoms with Crippen LogP contribution < -0.4 is 9.75 Å². The first-order chi connectivity index (χ1) is 18.5. The summed E-state index contributed by atoms with van der Waals surface area (Å²) in [5.41, 5.74) is 1.07. The van der Waals surface area contributed by atoms with Crippen molar-refractivity contribution < 1.29 is 32.2 Å². The fourth-order valence-electron chi connectivity index (χ4n) is 4.33. The van der Waals surface area contributed by atoms with Gasteiger partial charge in [0.1, 0.15) is 5.75 Å². The topological polar surface area (TPSA) is 68.2 Å². The molecule has 1 aliphatic rings. The summed E-state index contributed by atoms with van der Waals surface area (Å²) in [7, 11) is 1.32. The third kappa shape index (κ3) is 6.30. The smallest absolute Gasteiger partial charge is 0.416 e. The van der Waals surface area contributed by atoms with E-state index in [9.17, 15) is 22.8 Å². The standard InChI is InChI=1S/C30H29F3N2O4/c1-29(2)25(34-35(28(29)37)23-16-14-22(15-17-23)30(31,32)33)11-7-8-20-12-18-24(19-13-20)39-26(27(36)38-3)21-9-5-4-6-10-21/h4-6,9-10,12-19,26H,7-8,11H2,1-3H3. The van der Waals surface area contributed by atoms with Crippen LogP contribution in [0.1, 0.15) is 49.5 Å². The van der Waals surface area contributed by atoms with Crippen molar-refractivity contribution in [2.75, 3.05) is 12.1 Å². The molecule has 6 nitrogen and oxygen atoms in total. The molecule has 0 N–H and O–H groups in total. The van der Waals surface area contributed by atoms with Crippen LogP contribution in [0.4, 0.5) is 18.9 Å². The Morgan fingerprint density at radius 1 is 0.949 bits per heavy atom. The summed E-state index contributed by atoms with van der Waals surface area (Å²) in [5.74, 6) is -0.250. The summed E-state index contributed by atoms with van der Waals surface area (Å²) in [6.45, 7) is 3.55. The molecule has 204 valence electrons. The lowest BCUT2D eigenvalue weighted by Gasteiger charge is -2.20. The zero-order valence-corrected chi connectivity index (χ0v) is 21.9. The molecule has 9 heteroatoms. The molecule has 3 aromatic carbocycles. The van der Waals surface area contributed by atoms with E-state index in [2.05, 4.69) is 5.10 Å². The second kappa shape index (κ2) is 11.3. The molecule has 39 heavy (non-hydrogen) atoms. The van der Waals surface area contributed by atoms with Crippen LogP contribution in [0, 0.1) is 5.41 Å². The maximum Gasteiger partial charge on any atom is 0.416 e. The van der Waals surface area contributed by atoms with Gasteiger partial charge in [-0.1, -0.05) is 42.5 Å². The lowest BCUT2D eigenvalue weighted by atomic mass is 9.84. The van der Waals surface area contributed by atoms with Crippen molar-refractivity contribution in [2.45, 2.75) is 45.4 Å². The Kier molecular flexibility index (Phi) is 8.09. The highest BCUT2D eigenvalue weighted by molar-refractivity contribution is 6.18. The number of amides is 1. The first-order valence-corrected chi connectivity index (χ1v) is 12.5. The Morgan fingerprint density at radius 2 is 1.59 bits per heavy atom. The van der Waals surface area contributed by atoms with Gasteiger partial charge in [0.05, 0.1) is 29.5 Å². The number of rotatable bonds is 9. The predicted octanol–water partition coefficient (Wildman–Crippen LogP) is 6.75. The number of methoxy groups -OCH3 is 1. The number of anilines is 1. The molecule has 0 saturated heterocycles. The van der Waals surface area contributed by atoms with E-state index >= 15 is 0 Å². The van der Waals surface area contributed by atoms with Gasteiger partial charge in [-0.3, -0.25) is 4.79 Å². The molecule has 4 rings (SSSR count). The highest BCUT2D eigenvalue weighted by atomic mass is 19.4. The van der Waals surface area contributed by atoms with Crippen LogP contribution in [0.3, 0.4) is 0 Å². The Bertz CT molecular complexity index is 1340. The summed E-state index contributed by atoms with van der Waals surface area (Å²) in [5, 5.41) is 5.66. The molecule has 1 aliphatic heterocycles. The Balaban J connectivity index is 1.38. The number of hydrogen-bond acceptors (Lipinski definition) is 5. The molecule has 0 fully saturated rings. The van der Waals surface area contributed by atoms with E-state index in [1.807, 2.05) is 30.3 Å². The molecule has 0 aromatic heterocycles. The number of esters is 1. The largest absolute Gasteiger partial charge is 0.474 e. The molecule has 0 radical (unpaired) electrons. The van der Waals surface area contributed by atoms with Crippen LogP contribution in [0.15, 0.2) is 84.0 Å². The van der Waals surface area contributed by atoms with Crippen molar-refractivity contribution in [3.05, 3.63) is 95.6 Å². The van der Waals surface area contributed by atoms with Crippen molar-refractivity contribution in [3.63, 3.8) is 0 Å². The lowest BCUT2D eigenvalue weighted by molar-refractivity contribution is -0.149. The zero-order chi connectivity index (χ0) is 28.2. The normalized spacial score (nSPS) is 15.6. The van der Waals surface area contributed by atoms with Gasteiger partial charge in [0.2, 0.25) is 6.10 Å². The number of hydrazone groups is 1. The summed E-state index contributed by atoms with van der Waals surface area (Å²) >= 11 is 0. The van der Waals surface area contributed by atoms with E-state index in [0.717, 1.165) is 17.7 Å². The molecule has 1 unspecified atom stereocenters. The molecular weight excluding hydrogens is 509 g/mol. The number of halogens is 3. The minimum Gasteiger partial charge on any atom is -0.474 e. The predicted molar refractivity (Wildman–Crippen MR) is 141 cm³/mol. The van der Waals surface area contributed by atoms with Crippen molar-refractivity contribution in [2.24, 2.45) is 10.5 Å². The average molecular weight is 539 g/mol. The van der Waals surface area contributed by atoms with Gasteiger partial charge in [0.15, 0.2) is 0 Å². The first kappa shape index (κ1) is 27.9. The molecule has 1 amide bonds. The van der Waals surface area contributed by atoms with E-state index in [1.54, 1.807) is 38.1 Å². The molecule has 0 bridgehead atoms. The molecule has 0 spiro atoms. The minimum absolute atomic E-state index is 0.280. The quantitative estimate of drug-likeness (QED) is 0.283. The number of alkyl halides is 3. The minimum atomic E-state index is -4.45. The molecule has 3 aromatic rings. The summed E-state index contributed by atoms with van der Waals surface area (Å²) in [6.07, 6.45) is -3.35. The van der Waals surface area contributed by atoms with Crippen LogP contribution in [0.2, 0.25) is 0 Å². The van der Waals surface area contributed by atoms with Crippen LogP contribution >= 0.6 is 0 Å². The number of nitrogens with zero attached hydrogens (tertiary/aromatic N) is 2. The third-order valence-corrected chi connectivity index (χ3v) is 6.68. The number of benzene rings is 3. The van der Waals surface area contributed by atoms with Gasteiger partial charge in [-0.15, -0.1) is 0 Å². The molecule has 0 aliphatic carbocycles. The fraction of sp³-hybridized carbons (Fsp3) is 0.300. The second-order valence-electron chi connectivity index (χ2n) is 9.76. The first-order valence-electron chi connectivity index (χ1n) is 12.5. The molecular formula is C30H29F3N2O4. The highest BCUT2D eigenvalue weighted by Crippen LogP contribution is 2.36. The zero-order valence-electron chi connectivity index (χ0n) is 21.9. The number of carbonyl (C=O) groups excluding carboxylic acids is 2. The van der Waals surface area contributed by atoms with E-state index in [-0.39, 0.29) is 5.91 Å². The fourth-order valence-corrected chi connectivity index (χ4v) is 4.33. The average Bonchev–Trinajstić information content (AvgIpc) is 3.15. The number of ether oxygens (including phenoxy) is 2. The van der Waals surface area contributed by atoms with Crippen molar-refractivity contribution in [1.82, 2.24) is 0 Å². The van der Waals surface area contributed by atoms with E-state index < -0.39 is 29.2 Å². The van der Waals surface area contributed by atoms with Crippen molar-refractivity contribution in [1.29, 1.82) is 0 Å². The van der Waals surface area contributed by atoms with E-state index in [1.165, 1.54) is 24.3 Å². The lowest BCUT2D eigenvalue weighted by Crippen LogP contribution is -2.34. The summed E-state index contributed by atoms with van der Waals surface area (Å²) < 4.78 is 49.5. The number of hydrogen-bond donors (Lipinski definition) is 0. The van der Waals surface area contributed by atoms with Gasteiger partial charge < -0.3 is 9.47 Å². The van der Waals surface area contributed by atoms with Crippen molar-refractivity contribution >= 4 is 23.3 Å². The number of aryl methyl sites for hydroxylation is 1. The van der Waals surface area contributed by atoms with E-state index in [4.69, 9.17) is 9.47 Å². The summed E-state index contributed by atoms with van der Waals surface area (Å²) in [6, 6.07) is 20.9. The summed E-state index contributed by atoms with van der Waals surface area (Å²) in [4.78, 5) is 25.3. The second-order valence-corrected chi connectivity index (χ2v) is 9.76. The van der Waals surface area contributed by atoms with E-state index in [0.29, 0.717) is 42.0 Å². The maximum absolute atomic E-state index is 13.0. The Morgan fingerprint density at radius 3 is 2.18 bits per heavy atom. The Hall–Kier alpha value is -4.14. The molecule has 1 atom stereocenters. The van der Waals surface area contributed by atoms with Crippen LogP contribution in [-0.2, 0) is 26.9 Å². The Labute approximate surface area is 225 Å². The van der Waals surface area contributed by atoms with Gasteiger partial charge in [0.25, 0.3) is 5.91 Å². The highest BCUT2D eigenvalue weighted by Gasteiger charge is 2.43. The molecule has 0 saturated carbocycles. The maximum atomic E-state index is 13.0. The van der Waals surface area contributed by atoms with Gasteiger partial charge in [0, 0.05) is 5.56 Å². The van der Waals surface area contributed by atoms with Crippen LogP contribution in [-0.4, -0.2) is 24.7 Å². The monoisotopic (exact) mass is 538 g/mol. The number of carbonyl (C=O) groups is 2.